The van der Waals surface area contributed by atoms with E-state index >= 15 is 0 Å². The Morgan fingerprint density at radius 1 is 1.50 bits per heavy atom. The van der Waals surface area contributed by atoms with E-state index in [4.69, 9.17) is 15.6 Å². The molecular weight excluding hydrogens is 228 g/mol. The van der Waals surface area contributed by atoms with Gasteiger partial charge in [-0.25, -0.2) is 8.42 Å². The Morgan fingerprint density at radius 2 is 2.12 bits per heavy atom. The van der Waals surface area contributed by atoms with Crippen LogP contribution in [0.2, 0.25) is 0 Å². The van der Waals surface area contributed by atoms with Crippen molar-refractivity contribution < 1.29 is 17.6 Å². The lowest BCUT2D eigenvalue weighted by Gasteiger charge is -2.21. The van der Waals surface area contributed by atoms with E-state index in [0.29, 0.717) is 5.76 Å². The summed E-state index contributed by atoms with van der Waals surface area (Å²) in [6.07, 6.45) is 6.17. The summed E-state index contributed by atoms with van der Waals surface area (Å²) in [6, 6.07) is 2.98. The molecule has 5 heteroatoms. The average Bonchev–Trinajstić information content (AvgIpc) is 2.63. The fourth-order valence-corrected chi connectivity index (χ4v) is 1.69. The predicted molar refractivity (Wildman–Crippen MR) is 59.6 cm³/mol. The van der Waals surface area contributed by atoms with E-state index in [1.54, 1.807) is 19.9 Å². The van der Waals surface area contributed by atoms with Crippen molar-refractivity contribution in [2.24, 2.45) is 0 Å². The van der Waals surface area contributed by atoms with Gasteiger partial charge in [0.05, 0.1) is 0 Å². The molecule has 0 fully saturated rings. The van der Waals surface area contributed by atoms with Crippen LogP contribution >= 0.6 is 0 Å². The van der Waals surface area contributed by atoms with Crippen LogP contribution in [0.1, 0.15) is 19.6 Å². The van der Waals surface area contributed by atoms with Crippen LogP contribution in [0.5, 0.6) is 0 Å². The first-order valence-corrected chi connectivity index (χ1v) is 6.54. The van der Waals surface area contributed by atoms with Gasteiger partial charge in [0.15, 0.2) is 0 Å². The number of ether oxygens (including phenoxy) is 1. The largest absolute Gasteiger partial charge is 0.447 e. The van der Waals surface area contributed by atoms with Gasteiger partial charge >= 0.3 is 0 Å². The zero-order valence-electron chi connectivity index (χ0n) is 9.48. The minimum atomic E-state index is -3.33. The highest BCUT2D eigenvalue weighted by Crippen LogP contribution is 2.27. The van der Waals surface area contributed by atoms with Gasteiger partial charge in [-0.05, 0) is 26.0 Å². The second-order valence-electron chi connectivity index (χ2n) is 3.89. The molecule has 4 nitrogen and oxygen atoms in total. The van der Waals surface area contributed by atoms with Crippen molar-refractivity contribution in [3.63, 3.8) is 0 Å². The Kier molecular flexibility index (Phi) is 3.46. The molecule has 1 aromatic rings. The molecule has 0 N–H and O–H groups in total. The lowest BCUT2D eigenvalue weighted by molar-refractivity contribution is -0.0206. The van der Waals surface area contributed by atoms with Crippen LogP contribution in [0.15, 0.2) is 21.6 Å². The molecule has 0 atom stereocenters. The summed E-state index contributed by atoms with van der Waals surface area (Å²) < 4.78 is 33.0. The van der Waals surface area contributed by atoms with E-state index in [-0.39, 0.29) is 11.7 Å². The second kappa shape index (κ2) is 4.32. The molecule has 0 spiro atoms. The Bertz CT molecular complexity index is 502. The lowest BCUT2D eigenvalue weighted by Crippen LogP contribution is -2.21. The topological polar surface area (TPSA) is 56.5 Å². The van der Waals surface area contributed by atoms with Crippen molar-refractivity contribution in [3.05, 3.63) is 17.9 Å². The van der Waals surface area contributed by atoms with Crippen LogP contribution in [-0.2, 0) is 20.2 Å². The molecule has 0 bridgehead atoms. The van der Waals surface area contributed by atoms with Crippen molar-refractivity contribution in [1.82, 2.24) is 0 Å². The maximum absolute atomic E-state index is 11.2. The third-order valence-electron chi connectivity index (χ3n) is 2.06. The monoisotopic (exact) mass is 242 g/mol. The summed E-state index contributed by atoms with van der Waals surface area (Å²) in [4.78, 5) is 0. The number of rotatable bonds is 4. The van der Waals surface area contributed by atoms with E-state index in [2.05, 4.69) is 5.92 Å². The van der Waals surface area contributed by atoms with E-state index in [0.717, 1.165) is 6.26 Å². The molecular formula is C11H14O4S. The highest BCUT2D eigenvalue weighted by Gasteiger charge is 2.26. The number of terminal acetylenes is 1. The molecule has 1 rings (SSSR count). The van der Waals surface area contributed by atoms with Gasteiger partial charge < -0.3 is 9.15 Å². The minimum Gasteiger partial charge on any atom is -0.447 e. The Morgan fingerprint density at radius 3 is 2.56 bits per heavy atom. The highest BCUT2D eigenvalue weighted by molar-refractivity contribution is 7.90. The summed E-state index contributed by atoms with van der Waals surface area (Å²) in [5.74, 6) is 2.78. The molecule has 0 saturated heterocycles. The summed E-state index contributed by atoms with van der Waals surface area (Å²) in [6.45, 7) is 3.66. The van der Waals surface area contributed by atoms with Crippen LogP contribution in [0.25, 0.3) is 0 Å². The van der Waals surface area contributed by atoms with E-state index in [1.165, 1.54) is 6.07 Å². The van der Waals surface area contributed by atoms with Crippen LogP contribution in [-0.4, -0.2) is 21.3 Å². The van der Waals surface area contributed by atoms with E-state index in [1.807, 2.05) is 0 Å². The molecule has 0 aromatic carbocycles. The summed E-state index contributed by atoms with van der Waals surface area (Å²) >= 11 is 0. The maximum atomic E-state index is 11.2. The zero-order valence-corrected chi connectivity index (χ0v) is 10.3. The lowest BCUT2D eigenvalue weighted by atomic mass is 10.1. The molecule has 0 amide bonds. The van der Waals surface area contributed by atoms with Crippen LogP contribution in [0.3, 0.4) is 0 Å². The molecule has 1 heterocycles. The van der Waals surface area contributed by atoms with Crippen molar-refractivity contribution in [1.29, 1.82) is 0 Å². The Hall–Kier alpha value is -1.25. The van der Waals surface area contributed by atoms with Gasteiger partial charge in [0.2, 0.25) is 14.9 Å². The minimum absolute atomic E-state index is 0.0696. The van der Waals surface area contributed by atoms with Gasteiger partial charge in [-0.3, -0.25) is 0 Å². The van der Waals surface area contributed by atoms with Gasteiger partial charge in [-0.15, -0.1) is 6.42 Å². The smallest absolute Gasteiger partial charge is 0.218 e. The SMILES string of the molecule is C#CCOC(C)(C)c1ccc(S(C)(=O)=O)o1. The van der Waals surface area contributed by atoms with Crippen LogP contribution < -0.4 is 0 Å². The van der Waals surface area contributed by atoms with Gasteiger partial charge in [-0.1, -0.05) is 5.92 Å². The molecule has 1 aromatic heterocycles. The van der Waals surface area contributed by atoms with Crippen LogP contribution in [0, 0.1) is 12.3 Å². The molecule has 0 radical (unpaired) electrons. The first-order valence-electron chi connectivity index (χ1n) is 4.65. The fourth-order valence-electron chi connectivity index (χ4n) is 1.14. The Balaban J connectivity index is 2.98. The van der Waals surface area contributed by atoms with Crippen molar-refractivity contribution >= 4 is 9.84 Å². The van der Waals surface area contributed by atoms with Gasteiger partial charge in [0.25, 0.3) is 0 Å². The fraction of sp³-hybridized carbons (Fsp3) is 0.455. The number of furan rings is 1. The normalized spacial score (nSPS) is 12.4. The van der Waals surface area contributed by atoms with Gasteiger partial charge in [0, 0.05) is 6.26 Å². The Labute approximate surface area is 95.5 Å². The molecule has 0 aliphatic carbocycles. The molecule has 0 aliphatic rings. The first kappa shape index (κ1) is 12.8. The predicted octanol–water partition coefficient (Wildman–Crippen LogP) is 1.57. The summed E-state index contributed by atoms with van der Waals surface area (Å²) in [5.41, 5.74) is -0.741. The maximum Gasteiger partial charge on any atom is 0.218 e. The standard InChI is InChI=1S/C11H14O4S/c1-5-8-14-11(2,3)9-6-7-10(15-9)16(4,12)13/h1,6-7H,8H2,2-4H3. The van der Waals surface area contributed by atoms with E-state index < -0.39 is 15.4 Å². The van der Waals surface area contributed by atoms with Crippen LogP contribution in [0.4, 0.5) is 0 Å². The number of hydrogen-bond donors (Lipinski definition) is 0. The molecule has 0 aliphatic heterocycles. The number of sulfone groups is 1. The average molecular weight is 242 g/mol. The summed E-state index contributed by atoms with van der Waals surface area (Å²) in [7, 11) is -3.33. The van der Waals surface area contributed by atoms with Gasteiger partial charge in [-0.2, -0.15) is 0 Å². The first-order chi connectivity index (χ1) is 7.27. The molecule has 0 saturated carbocycles. The quantitative estimate of drug-likeness (QED) is 0.752. The van der Waals surface area contributed by atoms with E-state index in [9.17, 15) is 8.42 Å². The van der Waals surface area contributed by atoms with Crippen molar-refractivity contribution in [2.45, 2.75) is 24.5 Å². The zero-order chi connectivity index (χ0) is 12.4. The van der Waals surface area contributed by atoms with Crippen molar-refractivity contribution in [3.8, 4) is 12.3 Å². The van der Waals surface area contributed by atoms with Crippen molar-refractivity contribution in [2.75, 3.05) is 12.9 Å². The van der Waals surface area contributed by atoms with Gasteiger partial charge in [0.1, 0.15) is 18.0 Å². The third-order valence-corrected chi connectivity index (χ3v) is 3.01. The molecule has 88 valence electrons. The summed E-state index contributed by atoms with van der Waals surface area (Å²) in [5, 5.41) is -0.0696. The second-order valence-corrected chi connectivity index (χ2v) is 5.84. The third kappa shape index (κ3) is 2.87. The molecule has 16 heavy (non-hydrogen) atoms. The number of hydrogen-bond acceptors (Lipinski definition) is 4. The highest BCUT2D eigenvalue weighted by atomic mass is 32.2. The molecule has 0 unspecified atom stereocenters.